The van der Waals surface area contributed by atoms with E-state index in [2.05, 4.69) is 24.9 Å². The average Bonchev–Trinajstić information content (AvgIpc) is 1.52. The van der Waals surface area contributed by atoms with Crippen LogP contribution in [0.4, 0.5) is 0 Å². The number of rotatable bonds is 8. The predicted octanol–water partition coefficient (Wildman–Crippen LogP) is 23.5. The largest absolute Gasteiger partial charge is 0.456 e. The van der Waals surface area contributed by atoms with Crippen LogP contribution in [0.3, 0.4) is 0 Å². The van der Waals surface area contributed by atoms with Crippen molar-refractivity contribution in [2.24, 2.45) is 0 Å². The maximum atomic E-state index is 9.64. The van der Waals surface area contributed by atoms with Crippen molar-refractivity contribution >= 4 is 131 Å². The first kappa shape index (κ1) is 30.8. The van der Waals surface area contributed by atoms with E-state index in [1.807, 2.05) is 0 Å². The molecule has 0 aliphatic heterocycles. The maximum Gasteiger partial charge on any atom is 0.238 e. The van der Waals surface area contributed by atoms with E-state index in [4.69, 9.17) is 67.9 Å². The SMILES string of the molecule is [2H]c1c([2H])c([2H])c(-c2nc(-c3c([2H])c([2H])c4c(oc5c([2H])c([2H])c([2H])c(-c6ccccc6)c54)c3[2H])nc(-n3c4c([2H])c([2H])c([2H])c([2H])c4c4c([2H])c([2H])c5oc6c([2H])c([2H])c([2H])c([2H])c6c5c43)n2)c([2H])c1[2H].[2H]c1c([2H])c([2H])c(-c2nc(-c3ccc4c(c3)oc3cccc(-c5c([2H])c([2H])c([2H])c([2H])c5[2H])c34)nc(-n3c4c([2H])c([2H])c([2H])c([2H])c4c4ccc5oc6c([2H])c([2H])c([2H])c([2H])c6c5c43)n2)c([2H])c1[2H]. The van der Waals surface area contributed by atoms with E-state index < -0.39 is 309 Å². The van der Waals surface area contributed by atoms with Crippen molar-refractivity contribution in [2.45, 2.75) is 0 Å². The molecule has 0 aliphatic carbocycles. The van der Waals surface area contributed by atoms with Gasteiger partial charge < -0.3 is 17.7 Å². The zero-order chi connectivity index (χ0) is 101. The van der Waals surface area contributed by atoms with Gasteiger partial charge in [0, 0.05) is 76.1 Å². The lowest BCUT2D eigenvalue weighted by molar-refractivity contribution is 0.668. The van der Waals surface area contributed by atoms with Crippen LogP contribution < -0.4 is 0 Å². The molecule has 0 fully saturated rings. The lowest BCUT2D eigenvalue weighted by Crippen LogP contribution is -2.06. The molecule has 12 heteroatoms. The molecule has 0 saturated carbocycles. The van der Waals surface area contributed by atoms with Crippen molar-refractivity contribution < 1.29 is 71.1 Å². The molecule has 22 rings (SSSR count). The quantitative estimate of drug-likeness (QED) is 0.144. The molecular weight excluding hydrogens is 1260 g/mol. The second-order valence-electron chi connectivity index (χ2n) is 22.7. The zero-order valence-corrected chi connectivity index (χ0v) is 51.2. The number of furan rings is 4. The molecule has 0 atom stereocenters. The predicted molar refractivity (Wildman–Crippen MR) is 410 cm³/mol. The molecule has 8 aromatic heterocycles. The van der Waals surface area contributed by atoms with E-state index in [9.17, 15) is 8.22 Å². The summed E-state index contributed by atoms with van der Waals surface area (Å²) in [4.78, 5) is 27.8. The molecule has 22 aromatic rings. The molecule has 476 valence electrons. The van der Waals surface area contributed by atoms with Crippen LogP contribution >= 0.6 is 0 Å². The molecule has 0 bridgehead atoms. The normalized spacial score (nSPS) is 17.3. The molecule has 0 unspecified atom stereocenters. The minimum atomic E-state index is -0.848. The van der Waals surface area contributed by atoms with Crippen LogP contribution in [0.15, 0.2) is 332 Å². The summed E-state index contributed by atoms with van der Waals surface area (Å²) in [6, 6.07) is -4.66. The molecule has 0 amide bonds. The number of nitrogens with zero attached hydrogens (tertiary/aromatic N) is 8. The van der Waals surface area contributed by atoms with Crippen LogP contribution in [-0.4, -0.2) is 39.0 Å². The summed E-state index contributed by atoms with van der Waals surface area (Å²) >= 11 is 0. The van der Waals surface area contributed by atoms with Gasteiger partial charge in [-0.25, -0.2) is 9.97 Å². The van der Waals surface area contributed by atoms with Gasteiger partial charge in [0.25, 0.3) is 0 Å². The lowest BCUT2D eigenvalue weighted by atomic mass is 9.99. The molecule has 8 heterocycles. The van der Waals surface area contributed by atoms with Gasteiger partial charge in [-0.15, -0.1) is 0 Å². The van der Waals surface area contributed by atoms with Gasteiger partial charge in [0.1, 0.15) is 44.7 Å². The highest BCUT2D eigenvalue weighted by Gasteiger charge is 2.26. The number of para-hydroxylation sites is 4. The summed E-state index contributed by atoms with van der Waals surface area (Å²) in [5.41, 5.74) is -3.22. The Hall–Kier alpha value is -14.1. The number of aromatic nitrogens is 8. The molecule has 12 nitrogen and oxygen atoms in total. The van der Waals surface area contributed by atoms with Crippen molar-refractivity contribution in [1.82, 2.24) is 39.0 Å². The third-order valence-electron chi connectivity index (χ3n) is 17.1. The highest BCUT2D eigenvalue weighted by atomic mass is 16.3. The van der Waals surface area contributed by atoms with Gasteiger partial charge in [0.15, 0.2) is 23.3 Å². The van der Waals surface area contributed by atoms with Crippen LogP contribution in [0.2, 0.25) is 0 Å². The first-order valence-electron chi connectivity index (χ1n) is 50.2. The summed E-state index contributed by atoms with van der Waals surface area (Å²) in [5.74, 6) is -3.26. The van der Waals surface area contributed by atoms with Gasteiger partial charge >= 0.3 is 0 Å². The summed E-state index contributed by atoms with van der Waals surface area (Å²) in [7, 11) is 0. The van der Waals surface area contributed by atoms with Crippen molar-refractivity contribution in [1.29, 1.82) is 0 Å². The Balaban J connectivity index is 0.000000167. The molecule has 0 radical (unpaired) electrons. The Labute approximate surface area is 634 Å². The molecule has 0 spiro atoms. The van der Waals surface area contributed by atoms with Crippen molar-refractivity contribution in [3.63, 3.8) is 0 Å². The summed E-state index contributed by atoms with van der Waals surface area (Å²) in [5, 5.41) is -0.666. The second kappa shape index (κ2) is 22.7. The molecule has 14 aromatic carbocycles. The van der Waals surface area contributed by atoms with Crippen LogP contribution in [0.25, 0.3) is 211 Å². The number of benzene rings is 14. The van der Waals surface area contributed by atoms with E-state index in [1.54, 1.807) is 60.7 Å². The zero-order valence-electron chi connectivity index (χ0n) is 90.2. The summed E-state index contributed by atoms with van der Waals surface area (Å²) < 4.78 is 369. The lowest BCUT2D eigenvalue weighted by Gasteiger charge is -2.11. The topological polar surface area (TPSA) is 140 Å². The summed E-state index contributed by atoms with van der Waals surface area (Å²) in [6.45, 7) is 0. The van der Waals surface area contributed by atoms with Crippen LogP contribution in [0.1, 0.15) is 53.5 Å². The number of fused-ring (bicyclic) bond motifs is 20. The fourth-order valence-electron chi connectivity index (χ4n) is 12.8. The Morgan fingerprint density at radius 1 is 0.245 bits per heavy atom. The van der Waals surface area contributed by atoms with Crippen molar-refractivity contribution in [2.75, 3.05) is 0 Å². The standard InChI is InChI=1S/2C45H26N4O2/c2*1-3-12-27(13-4-1)30-18-11-21-37-40(30)34-23-22-29(26-39(34)51-37)44-46-43(28-14-5-2-6-15-28)47-45(48-44)49-35-19-9-7-16-31(35)32-24-25-38-41(42(32)49)33-17-8-10-20-36(33)50-38/h2*1-26H/i2D,5D,6D,7D,8D,9D,10D,11D,14D,15D,16D,17D,18D,19D,20D,21D,22D,23D,24D,25D,26D;1D,2D,3D,4D,5D,6D,7D,8D,9D,10D,12D,13D,14D,15D,16D,17D,19D,20D. The smallest absolute Gasteiger partial charge is 0.238 e. The minimum absolute atomic E-state index is 0.0226. The Morgan fingerprint density at radius 2 is 0.725 bits per heavy atom. The molecular formula is C90H52N8O4. The summed E-state index contributed by atoms with van der Waals surface area (Å²) in [6.07, 6.45) is 0. The minimum Gasteiger partial charge on any atom is -0.456 e. The Morgan fingerprint density at radius 3 is 1.40 bits per heavy atom. The van der Waals surface area contributed by atoms with Crippen molar-refractivity contribution in [3.8, 4) is 79.7 Å². The Kier molecular flexibility index (Phi) is 6.86. The highest BCUT2D eigenvalue weighted by molar-refractivity contribution is 6.26. The van der Waals surface area contributed by atoms with E-state index >= 15 is 0 Å². The number of hydrogen-bond acceptors (Lipinski definition) is 10. The van der Waals surface area contributed by atoms with Crippen LogP contribution in [-0.2, 0) is 0 Å². The fraction of sp³-hybridized carbons (Fsp3) is 0. The van der Waals surface area contributed by atoms with E-state index in [-0.39, 0.29) is 115 Å². The fourth-order valence-corrected chi connectivity index (χ4v) is 12.8. The monoisotopic (exact) mass is 1350 g/mol. The Bertz CT molecular complexity index is 9560. The van der Waals surface area contributed by atoms with E-state index in [1.165, 1.54) is 22.8 Å². The van der Waals surface area contributed by atoms with Gasteiger partial charge in [-0.05, 0) is 107 Å². The molecule has 0 saturated heterocycles. The molecule has 0 aliphatic rings. The van der Waals surface area contributed by atoms with Gasteiger partial charge in [-0.1, -0.05) is 230 Å². The van der Waals surface area contributed by atoms with Gasteiger partial charge in [0.05, 0.1) is 86.3 Å². The van der Waals surface area contributed by atoms with Crippen LogP contribution in [0, 0.1) is 0 Å². The molecule has 0 N–H and O–H groups in total. The van der Waals surface area contributed by atoms with Gasteiger partial charge in [-0.2, -0.15) is 19.9 Å². The van der Waals surface area contributed by atoms with Gasteiger partial charge in [-0.3, -0.25) is 9.13 Å². The third-order valence-corrected chi connectivity index (χ3v) is 17.1. The third kappa shape index (κ3) is 9.03. The van der Waals surface area contributed by atoms with E-state index in [0.717, 1.165) is 4.57 Å². The van der Waals surface area contributed by atoms with Crippen molar-refractivity contribution in [3.05, 3.63) is 315 Å². The molecule has 102 heavy (non-hydrogen) atoms. The van der Waals surface area contributed by atoms with Gasteiger partial charge in [0.2, 0.25) is 11.9 Å². The maximum absolute atomic E-state index is 9.64. The number of hydrogen-bond donors (Lipinski definition) is 0. The van der Waals surface area contributed by atoms with E-state index in [0.29, 0.717) is 21.9 Å². The highest BCUT2D eigenvalue weighted by Crippen LogP contribution is 2.45. The van der Waals surface area contributed by atoms with Crippen LogP contribution in [0.5, 0.6) is 0 Å². The average molecular weight is 1350 g/mol. The second-order valence-corrected chi connectivity index (χ2v) is 22.7. The first-order chi connectivity index (χ1) is 66.8. The first-order valence-corrected chi connectivity index (χ1v) is 30.7.